The highest BCUT2D eigenvalue weighted by molar-refractivity contribution is 5.45. The van der Waals surface area contributed by atoms with Crippen LogP contribution >= 0.6 is 0 Å². The van der Waals surface area contributed by atoms with E-state index in [2.05, 4.69) is 11.1 Å². The zero-order chi connectivity index (χ0) is 11.3. The Morgan fingerprint density at radius 2 is 2.27 bits per heavy atom. The molecule has 0 saturated carbocycles. The van der Waals surface area contributed by atoms with Crippen LogP contribution in [0.5, 0.6) is 5.88 Å². The first kappa shape index (κ1) is 11.5. The molecule has 0 aliphatic rings. The summed E-state index contributed by atoms with van der Waals surface area (Å²) in [7, 11) is 0. The van der Waals surface area contributed by atoms with Crippen LogP contribution < -0.4 is 4.74 Å². The van der Waals surface area contributed by atoms with Gasteiger partial charge in [-0.15, -0.1) is 0 Å². The predicted octanol–water partition coefficient (Wildman–Crippen LogP) is 1.33. The van der Waals surface area contributed by atoms with Gasteiger partial charge >= 0.3 is 0 Å². The number of nitriles is 1. The molecule has 4 nitrogen and oxygen atoms in total. The molecule has 0 radical (unpaired) electrons. The van der Waals surface area contributed by atoms with Crippen molar-refractivity contribution in [1.82, 2.24) is 4.98 Å². The number of aliphatic hydroxyl groups excluding tert-OH is 1. The lowest BCUT2D eigenvalue weighted by atomic mass is 10.1. The van der Waals surface area contributed by atoms with Gasteiger partial charge in [-0.25, -0.2) is 4.98 Å². The Hall–Kier alpha value is -1.60. The predicted molar refractivity (Wildman–Crippen MR) is 55.6 cm³/mol. The minimum absolute atomic E-state index is 0.0761. The number of ether oxygens (including phenoxy) is 1. The summed E-state index contributed by atoms with van der Waals surface area (Å²) in [6.45, 7) is 4.16. The molecule has 4 heteroatoms. The molecule has 0 saturated heterocycles. The molecule has 0 aromatic carbocycles. The normalized spacial score (nSPS) is 9.73. The average Bonchev–Trinajstić information content (AvgIpc) is 2.17. The molecular weight excluding hydrogens is 192 g/mol. The average molecular weight is 206 g/mol. The number of hydrogen-bond donors (Lipinski definition) is 1. The number of pyridine rings is 1. The second-order valence-electron chi connectivity index (χ2n) is 3.30. The topological polar surface area (TPSA) is 66.1 Å². The van der Waals surface area contributed by atoms with Crippen LogP contribution in [-0.4, -0.2) is 23.3 Å². The fourth-order valence-corrected chi connectivity index (χ4v) is 1.28. The van der Waals surface area contributed by atoms with Crippen LogP contribution in [0.3, 0.4) is 0 Å². The molecule has 0 atom stereocenters. The fourth-order valence-electron chi connectivity index (χ4n) is 1.28. The van der Waals surface area contributed by atoms with Gasteiger partial charge in [-0.2, -0.15) is 5.26 Å². The minimum atomic E-state index is 0.0761. The van der Waals surface area contributed by atoms with E-state index >= 15 is 0 Å². The molecule has 0 aliphatic carbocycles. The van der Waals surface area contributed by atoms with E-state index in [1.54, 1.807) is 0 Å². The van der Waals surface area contributed by atoms with Gasteiger partial charge in [-0.3, -0.25) is 0 Å². The fraction of sp³-hybridized carbons (Fsp3) is 0.455. The van der Waals surface area contributed by atoms with Crippen LogP contribution in [0.15, 0.2) is 6.07 Å². The second kappa shape index (κ2) is 5.32. The van der Waals surface area contributed by atoms with Gasteiger partial charge in [-0.05, 0) is 25.5 Å². The van der Waals surface area contributed by atoms with Gasteiger partial charge in [0.15, 0.2) is 0 Å². The number of rotatable bonds is 4. The summed E-state index contributed by atoms with van der Waals surface area (Å²) in [6.07, 6.45) is 0.541. The highest BCUT2D eigenvalue weighted by Crippen LogP contribution is 2.19. The second-order valence-corrected chi connectivity index (χ2v) is 3.30. The molecule has 1 N–H and O–H groups in total. The summed E-state index contributed by atoms with van der Waals surface area (Å²) in [5, 5.41) is 17.5. The number of aliphatic hydroxyl groups is 1. The molecule has 1 rings (SSSR count). The first-order valence-electron chi connectivity index (χ1n) is 4.81. The van der Waals surface area contributed by atoms with E-state index in [0.717, 1.165) is 11.3 Å². The van der Waals surface area contributed by atoms with Crippen molar-refractivity contribution in [3.8, 4) is 11.9 Å². The Morgan fingerprint density at radius 3 is 2.87 bits per heavy atom. The summed E-state index contributed by atoms with van der Waals surface area (Å²) >= 11 is 0. The third kappa shape index (κ3) is 2.93. The molecule has 0 fully saturated rings. The van der Waals surface area contributed by atoms with Crippen molar-refractivity contribution in [1.29, 1.82) is 5.26 Å². The molecule has 0 unspecified atom stereocenters. The zero-order valence-electron chi connectivity index (χ0n) is 8.95. The quantitative estimate of drug-likeness (QED) is 0.755. The van der Waals surface area contributed by atoms with Gasteiger partial charge in [0.2, 0.25) is 5.88 Å². The molecule has 0 bridgehead atoms. The Bertz CT molecular complexity index is 383. The van der Waals surface area contributed by atoms with Gasteiger partial charge < -0.3 is 9.84 Å². The van der Waals surface area contributed by atoms with Crippen LogP contribution in [0, 0.1) is 25.2 Å². The molecule has 80 valence electrons. The summed E-state index contributed by atoms with van der Waals surface area (Å²) < 4.78 is 5.34. The maximum Gasteiger partial charge on any atom is 0.232 e. The minimum Gasteiger partial charge on any atom is -0.477 e. The smallest absolute Gasteiger partial charge is 0.232 e. The summed E-state index contributed by atoms with van der Waals surface area (Å²) in [5.41, 5.74) is 2.16. The molecular formula is C11H14N2O2. The number of hydrogen-bond acceptors (Lipinski definition) is 4. The van der Waals surface area contributed by atoms with E-state index in [4.69, 9.17) is 15.1 Å². The van der Waals surface area contributed by atoms with Gasteiger partial charge in [-0.1, -0.05) is 0 Å². The molecule has 0 amide bonds. The van der Waals surface area contributed by atoms with Crippen molar-refractivity contribution in [2.75, 3.05) is 13.2 Å². The van der Waals surface area contributed by atoms with E-state index < -0.39 is 0 Å². The van der Waals surface area contributed by atoms with Crippen molar-refractivity contribution in [2.45, 2.75) is 20.3 Å². The SMILES string of the molecule is Cc1cc(C)c(C#N)c(OCCCO)n1. The van der Waals surface area contributed by atoms with E-state index in [1.165, 1.54) is 0 Å². The number of nitrogens with zero attached hydrogens (tertiary/aromatic N) is 2. The third-order valence-electron chi connectivity index (χ3n) is 1.96. The lowest BCUT2D eigenvalue weighted by Crippen LogP contribution is -2.04. The maximum absolute atomic E-state index is 8.93. The van der Waals surface area contributed by atoms with Crippen LogP contribution in [0.25, 0.3) is 0 Å². The molecule has 1 aromatic rings. The van der Waals surface area contributed by atoms with E-state index in [9.17, 15) is 0 Å². The van der Waals surface area contributed by atoms with Crippen molar-refractivity contribution in [3.05, 3.63) is 22.9 Å². The molecule has 15 heavy (non-hydrogen) atoms. The van der Waals surface area contributed by atoms with Crippen molar-refractivity contribution < 1.29 is 9.84 Å². The Labute approximate surface area is 89.1 Å². The van der Waals surface area contributed by atoms with Crippen LogP contribution in [0.1, 0.15) is 23.2 Å². The number of aryl methyl sites for hydroxylation is 2. The first-order chi connectivity index (χ1) is 7.19. The van der Waals surface area contributed by atoms with Crippen LogP contribution in [0.2, 0.25) is 0 Å². The largest absolute Gasteiger partial charge is 0.477 e. The third-order valence-corrected chi connectivity index (χ3v) is 1.96. The van der Waals surface area contributed by atoms with Gasteiger partial charge in [0.25, 0.3) is 0 Å². The van der Waals surface area contributed by atoms with Gasteiger partial charge in [0.1, 0.15) is 11.6 Å². The Kier molecular flexibility index (Phi) is 4.07. The van der Waals surface area contributed by atoms with E-state index in [-0.39, 0.29) is 6.61 Å². The van der Waals surface area contributed by atoms with E-state index in [0.29, 0.717) is 24.5 Å². The Morgan fingerprint density at radius 1 is 1.53 bits per heavy atom. The van der Waals surface area contributed by atoms with E-state index in [1.807, 2.05) is 19.9 Å². The lowest BCUT2D eigenvalue weighted by molar-refractivity contribution is 0.228. The monoisotopic (exact) mass is 206 g/mol. The Balaban J connectivity index is 2.90. The zero-order valence-corrected chi connectivity index (χ0v) is 8.95. The van der Waals surface area contributed by atoms with Gasteiger partial charge in [0.05, 0.1) is 6.61 Å². The maximum atomic E-state index is 8.93. The van der Waals surface area contributed by atoms with Crippen molar-refractivity contribution in [2.24, 2.45) is 0 Å². The standard InChI is InChI=1S/C11H14N2O2/c1-8-6-9(2)13-11(10(8)7-12)15-5-3-4-14/h6,14H,3-5H2,1-2H3. The van der Waals surface area contributed by atoms with Crippen LogP contribution in [-0.2, 0) is 0 Å². The molecule has 1 aromatic heterocycles. The summed E-state index contributed by atoms with van der Waals surface area (Å²) in [5.74, 6) is 0.364. The van der Waals surface area contributed by atoms with Crippen molar-refractivity contribution >= 4 is 0 Å². The summed E-state index contributed by atoms with van der Waals surface area (Å²) in [6, 6.07) is 3.91. The molecule has 0 aliphatic heterocycles. The molecule has 0 spiro atoms. The van der Waals surface area contributed by atoms with Gasteiger partial charge in [0, 0.05) is 18.7 Å². The lowest BCUT2D eigenvalue weighted by Gasteiger charge is -2.08. The number of aromatic nitrogens is 1. The first-order valence-corrected chi connectivity index (χ1v) is 4.81. The highest BCUT2D eigenvalue weighted by atomic mass is 16.5. The summed E-state index contributed by atoms with van der Waals surface area (Å²) in [4.78, 5) is 4.15. The molecule has 1 heterocycles. The van der Waals surface area contributed by atoms with Crippen LogP contribution in [0.4, 0.5) is 0 Å². The van der Waals surface area contributed by atoms with Crippen molar-refractivity contribution in [3.63, 3.8) is 0 Å². The highest BCUT2D eigenvalue weighted by Gasteiger charge is 2.09.